The van der Waals surface area contributed by atoms with Crippen molar-refractivity contribution in [1.82, 2.24) is 29.3 Å². The number of carbonyl (C=O) groups is 1. The van der Waals surface area contributed by atoms with Crippen molar-refractivity contribution < 1.29 is 13.2 Å². The van der Waals surface area contributed by atoms with Gasteiger partial charge in [-0.1, -0.05) is 63.6 Å². The number of fused-ring (bicyclic) bond motifs is 2. The molecule has 0 saturated carbocycles. The highest BCUT2D eigenvalue weighted by Crippen LogP contribution is 2.50. The van der Waals surface area contributed by atoms with E-state index in [0.717, 1.165) is 34.5 Å². The Kier molecular flexibility index (Phi) is 9.37. The molecular weight excluding hydrogens is 623 g/mol. The molecule has 1 aliphatic carbocycles. The van der Waals surface area contributed by atoms with Crippen LogP contribution in [-0.2, 0) is 34.3 Å². The molecule has 0 saturated heterocycles. The largest absolute Gasteiger partial charge is 0.324 e. The molecule has 0 bridgehead atoms. The van der Waals surface area contributed by atoms with Gasteiger partial charge < -0.3 is 5.32 Å². The molecule has 4 heterocycles. The minimum absolute atomic E-state index is 0.0224. The molecule has 48 heavy (non-hydrogen) atoms. The van der Waals surface area contributed by atoms with Crippen LogP contribution in [0.15, 0.2) is 72.0 Å². The lowest BCUT2D eigenvalue weighted by molar-refractivity contribution is -0.125. The van der Waals surface area contributed by atoms with Crippen molar-refractivity contribution in [3.8, 4) is 0 Å². The summed E-state index contributed by atoms with van der Waals surface area (Å²) in [5.74, 6) is -0.369. The van der Waals surface area contributed by atoms with E-state index in [9.17, 15) is 13.2 Å². The summed E-state index contributed by atoms with van der Waals surface area (Å²) < 4.78 is 31.7. The Labute approximate surface area is 283 Å². The van der Waals surface area contributed by atoms with E-state index in [1.165, 1.54) is 0 Å². The Bertz CT molecular complexity index is 1940. The van der Waals surface area contributed by atoms with E-state index in [2.05, 4.69) is 69.8 Å². The predicted octanol–water partition coefficient (Wildman–Crippen LogP) is 6.36. The van der Waals surface area contributed by atoms with Crippen molar-refractivity contribution in [3.63, 3.8) is 0 Å². The molecule has 4 atom stereocenters. The van der Waals surface area contributed by atoms with Crippen LogP contribution in [0.2, 0.25) is 0 Å². The van der Waals surface area contributed by atoms with Crippen LogP contribution >= 0.6 is 0 Å². The lowest BCUT2D eigenvalue weighted by Crippen LogP contribution is -2.41. The Morgan fingerprint density at radius 2 is 1.92 bits per heavy atom. The zero-order valence-electron chi connectivity index (χ0n) is 28.6. The molecule has 10 nitrogen and oxygen atoms in total. The van der Waals surface area contributed by atoms with E-state index in [-0.39, 0.29) is 41.0 Å². The Balaban J connectivity index is 1.42. The van der Waals surface area contributed by atoms with E-state index in [1.807, 2.05) is 38.4 Å². The molecule has 0 radical (unpaired) electrons. The molecule has 0 spiro atoms. The van der Waals surface area contributed by atoms with Crippen LogP contribution in [-0.4, -0.2) is 50.1 Å². The van der Waals surface area contributed by atoms with Crippen molar-refractivity contribution in [3.05, 3.63) is 101 Å². The average molecular weight is 668 g/mol. The van der Waals surface area contributed by atoms with Gasteiger partial charge in [-0.15, -0.1) is 5.10 Å². The number of nitrogens with zero attached hydrogens (tertiary/aromatic N) is 6. The number of allylic oxidation sites excluding steroid dienone is 1. The number of pyridine rings is 2. The predicted molar refractivity (Wildman–Crippen MR) is 187 cm³/mol. The van der Waals surface area contributed by atoms with Gasteiger partial charge in [-0.25, -0.2) is 13.1 Å². The molecule has 6 rings (SSSR count). The molecule has 252 valence electrons. The minimum Gasteiger partial charge on any atom is -0.324 e. The third-order valence-corrected chi connectivity index (χ3v) is 12.2. The van der Waals surface area contributed by atoms with Gasteiger partial charge in [0.2, 0.25) is 15.9 Å². The first-order valence-corrected chi connectivity index (χ1v) is 18.3. The first-order chi connectivity index (χ1) is 22.9. The minimum atomic E-state index is -3.78. The summed E-state index contributed by atoms with van der Waals surface area (Å²) >= 11 is 0. The molecular formula is C37H45N7O3S. The average Bonchev–Trinajstić information content (AvgIpc) is 3.46. The molecule has 0 fully saturated rings. The number of anilines is 1. The summed E-state index contributed by atoms with van der Waals surface area (Å²) in [6, 6.07) is 13.3. The summed E-state index contributed by atoms with van der Waals surface area (Å²) in [6.07, 6.45) is 10.7. The van der Waals surface area contributed by atoms with Crippen LogP contribution in [0, 0.1) is 24.2 Å². The van der Waals surface area contributed by atoms with Gasteiger partial charge in [-0.2, -0.15) is 4.31 Å². The number of benzene rings is 1. The van der Waals surface area contributed by atoms with E-state index >= 15 is 0 Å². The fraction of sp³-hybridized carbons (Fsp3) is 0.432. The SMILES string of the molecule is CC[C@H]1Cc2ncccc2S(=O)(=O)N(Cc2cc([C@@H](C3C=Cc4c(nnn4CC)C3C)C(C)(C)C(=O)Nc3cccnc3)ccc2C)C1. The van der Waals surface area contributed by atoms with Crippen LogP contribution in [0.4, 0.5) is 5.69 Å². The standard InChI is InChI=1S/C37H45N7O3S/c1-7-26-19-31-33(12-10-18-39-31)48(46,47)43(22-26)23-28-20-27(14-13-24(28)3)34(37(5,6)36(45)40-29-11-9-17-38-21-29)30-15-16-32-35(25(30)4)41-42-44(32)8-2/h9-18,20-21,25-26,30,34H,7-8,19,22-23H2,1-6H3,(H,40,45)/t25?,26-,30?,34-/m0/s1. The van der Waals surface area contributed by atoms with Crippen molar-refractivity contribution in [2.24, 2.45) is 17.3 Å². The third kappa shape index (κ3) is 6.21. The maximum absolute atomic E-state index is 14.2. The molecule has 4 aromatic rings. The highest BCUT2D eigenvalue weighted by Gasteiger charge is 2.45. The summed E-state index contributed by atoms with van der Waals surface area (Å²) in [6.45, 7) is 13.6. The van der Waals surface area contributed by atoms with Crippen LogP contribution in [0.3, 0.4) is 0 Å². The number of hydrogen-bond acceptors (Lipinski definition) is 7. The number of rotatable bonds is 9. The van der Waals surface area contributed by atoms with Crippen molar-refractivity contribution >= 4 is 27.7 Å². The van der Waals surface area contributed by atoms with Crippen LogP contribution in [0.25, 0.3) is 6.08 Å². The van der Waals surface area contributed by atoms with Crippen molar-refractivity contribution in [1.29, 1.82) is 0 Å². The van der Waals surface area contributed by atoms with Gasteiger partial charge in [-0.05, 0) is 79.1 Å². The summed E-state index contributed by atoms with van der Waals surface area (Å²) in [5, 5.41) is 12.1. The molecule has 11 heteroatoms. The summed E-state index contributed by atoms with van der Waals surface area (Å²) in [5.41, 5.74) is 5.16. The van der Waals surface area contributed by atoms with Crippen LogP contribution in [0.1, 0.15) is 86.6 Å². The van der Waals surface area contributed by atoms with Gasteiger partial charge in [0.05, 0.1) is 34.4 Å². The van der Waals surface area contributed by atoms with Gasteiger partial charge in [0.1, 0.15) is 4.90 Å². The second-order valence-corrected chi connectivity index (χ2v) is 15.6. The number of hydrogen-bond donors (Lipinski definition) is 1. The van der Waals surface area contributed by atoms with Crippen molar-refractivity contribution in [2.45, 2.75) is 84.2 Å². The quantitative estimate of drug-likeness (QED) is 0.220. The normalized spacial score (nSPS) is 21.2. The molecule has 2 unspecified atom stereocenters. The Hall–Kier alpha value is -4.22. The fourth-order valence-electron chi connectivity index (χ4n) is 7.35. The molecule has 1 amide bonds. The zero-order chi connectivity index (χ0) is 34.2. The molecule has 3 aromatic heterocycles. The lowest BCUT2D eigenvalue weighted by Gasteiger charge is -2.41. The first kappa shape index (κ1) is 33.7. The zero-order valence-corrected chi connectivity index (χ0v) is 29.4. The van der Waals surface area contributed by atoms with E-state index < -0.39 is 15.4 Å². The topological polar surface area (TPSA) is 123 Å². The van der Waals surface area contributed by atoms with E-state index in [0.29, 0.717) is 30.9 Å². The smallest absolute Gasteiger partial charge is 0.245 e. The molecule has 1 aromatic carbocycles. The first-order valence-electron chi connectivity index (χ1n) is 16.8. The maximum Gasteiger partial charge on any atom is 0.245 e. The van der Waals surface area contributed by atoms with Crippen LogP contribution < -0.4 is 5.32 Å². The number of carbonyl (C=O) groups excluding carboxylic acids is 1. The van der Waals surface area contributed by atoms with Gasteiger partial charge in [0, 0.05) is 43.9 Å². The van der Waals surface area contributed by atoms with Gasteiger partial charge in [0.15, 0.2) is 0 Å². The molecule has 1 N–H and O–H groups in total. The van der Waals surface area contributed by atoms with Crippen molar-refractivity contribution in [2.75, 3.05) is 11.9 Å². The number of sulfonamides is 1. The molecule has 2 aliphatic rings. The third-order valence-electron chi connectivity index (χ3n) is 10.3. The monoisotopic (exact) mass is 667 g/mol. The lowest BCUT2D eigenvalue weighted by atomic mass is 9.62. The number of aromatic nitrogens is 5. The number of amides is 1. The fourth-order valence-corrected chi connectivity index (χ4v) is 9.03. The highest BCUT2D eigenvalue weighted by atomic mass is 32.2. The Morgan fingerprint density at radius 3 is 2.65 bits per heavy atom. The second-order valence-electron chi connectivity index (χ2n) is 13.7. The van der Waals surface area contributed by atoms with Crippen LogP contribution in [0.5, 0.6) is 0 Å². The van der Waals surface area contributed by atoms with Gasteiger partial charge in [0.25, 0.3) is 0 Å². The number of aryl methyl sites for hydroxylation is 2. The molecule has 1 aliphatic heterocycles. The highest BCUT2D eigenvalue weighted by molar-refractivity contribution is 7.89. The van der Waals surface area contributed by atoms with Gasteiger partial charge in [-0.3, -0.25) is 14.8 Å². The van der Waals surface area contributed by atoms with E-state index in [1.54, 1.807) is 41.1 Å². The second kappa shape index (κ2) is 13.4. The van der Waals surface area contributed by atoms with E-state index in [4.69, 9.17) is 0 Å². The summed E-state index contributed by atoms with van der Waals surface area (Å²) in [4.78, 5) is 23.1. The Morgan fingerprint density at radius 1 is 1.12 bits per heavy atom. The van der Waals surface area contributed by atoms with Gasteiger partial charge >= 0.3 is 0 Å². The number of nitrogens with one attached hydrogen (secondary N) is 1. The summed E-state index contributed by atoms with van der Waals surface area (Å²) in [7, 11) is -3.78. The maximum atomic E-state index is 14.2.